The van der Waals surface area contributed by atoms with E-state index in [0.29, 0.717) is 11.3 Å². The van der Waals surface area contributed by atoms with Crippen molar-refractivity contribution < 1.29 is 4.74 Å². The lowest BCUT2D eigenvalue weighted by molar-refractivity contribution is 0.419. The van der Waals surface area contributed by atoms with E-state index in [9.17, 15) is 4.79 Å². The molecule has 0 atom stereocenters. The van der Waals surface area contributed by atoms with E-state index in [1.165, 1.54) is 6.07 Å². The van der Waals surface area contributed by atoms with E-state index in [0.717, 1.165) is 28.0 Å². The topological polar surface area (TPSA) is 59.4 Å². The van der Waals surface area contributed by atoms with Crippen LogP contribution in [0.15, 0.2) is 53.5 Å². The van der Waals surface area contributed by atoms with E-state index >= 15 is 0 Å². The fraction of sp³-hybridized carbons (Fsp3) is 0.111. The van der Waals surface area contributed by atoms with Crippen molar-refractivity contribution in [1.82, 2.24) is 14.4 Å². The molecule has 4 aromatic rings. The number of hydrogen-bond acceptors (Lipinski definition) is 3. The molecule has 0 aliphatic rings. The molecule has 0 unspecified atom stereocenters. The summed E-state index contributed by atoms with van der Waals surface area (Å²) in [4.78, 5) is 19.3. The molecule has 0 saturated heterocycles. The number of benzene rings is 1. The monoisotopic (exact) mass is 305 g/mol. The van der Waals surface area contributed by atoms with Gasteiger partial charge in [0.25, 0.3) is 0 Å². The maximum absolute atomic E-state index is 11.7. The molecule has 3 aromatic heterocycles. The summed E-state index contributed by atoms with van der Waals surface area (Å²) in [5.74, 6) is 0.642. The van der Waals surface area contributed by atoms with Gasteiger partial charge in [0.05, 0.1) is 18.3 Å². The van der Waals surface area contributed by atoms with Gasteiger partial charge in [0.2, 0.25) is 5.56 Å². The average molecular weight is 305 g/mol. The van der Waals surface area contributed by atoms with Crippen LogP contribution in [0.25, 0.3) is 27.8 Å². The molecule has 5 nitrogen and oxygen atoms in total. The van der Waals surface area contributed by atoms with E-state index in [2.05, 4.69) is 9.38 Å². The first-order valence-corrected chi connectivity index (χ1v) is 7.33. The largest absolute Gasteiger partial charge is 0.495 e. The molecule has 1 N–H and O–H groups in total. The van der Waals surface area contributed by atoms with Crippen molar-refractivity contribution in [2.45, 2.75) is 6.92 Å². The number of ether oxygens (including phenoxy) is 1. The van der Waals surface area contributed by atoms with Crippen molar-refractivity contribution in [3.8, 4) is 17.0 Å². The maximum atomic E-state index is 11.7. The predicted molar refractivity (Wildman–Crippen MR) is 90.0 cm³/mol. The van der Waals surface area contributed by atoms with E-state index in [1.807, 2.05) is 49.5 Å². The van der Waals surface area contributed by atoms with Crippen LogP contribution in [0.3, 0.4) is 0 Å². The quantitative estimate of drug-likeness (QED) is 0.619. The molecule has 0 radical (unpaired) electrons. The van der Waals surface area contributed by atoms with E-state index < -0.39 is 0 Å². The number of nitrogens with zero attached hydrogens (tertiary/aromatic N) is 2. The lowest BCUT2D eigenvalue weighted by Crippen LogP contribution is -2.04. The Morgan fingerprint density at radius 1 is 1.13 bits per heavy atom. The van der Waals surface area contributed by atoms with Crippen LogP contribution in [0, 0.1) is 6.92 Å². The van der Waals surface area contributed by atoms with Gasteiger partial charge in [-0.25, -0.2) is 4.98 Å². The second kappa shape index (κ2) is 4.98. The van der Waals surface area contributed by atoms with Gasteiger partial charge in [-0.1, -0.05) is 6.07 Å². The zero-order chi connectivity index (χ0) is 16.0. The van der Waals surface area contributed by atoms with Gasteiger partial charge < -0.3 is 14.1 Å². The molecule has 23 heavy (non-hydrogen) atoms. The standard InChI is InChI=1S/C18H15N3O2/c1-11-17(19-15-5-3-4-10-21(11)15)12-6-8-14(23-2)18-13(12)7-9-16(22)20-18/h3-10H,1-2H3,(H,20,22). The lowest BCUT2D eigenvalue weighted by atomic mass is 10.0. The molecule has 0 aliphatic heterocycles. The van der Waals surface area contributed by atoms with E-state index in [4.69, 9.17) is 9.72 Å². The van der Waals surface area contributed by atoms with Crippen LogP contribution in [-0.4, -0.2) is 21.5 Å². The Morgan fingerprint density at radius 3 is 2.78 bits per heavy atom. The molecule has 3 heterocycles. The Balaban J connectivity index is 2.09. The molecule has 0 fully saturated rings. The van der Waals surface area contributed by atoms with Crippen LogP contribution in [0.4, 0.5) is 0 Å². The van der Waals surface area contributed by atoms with Crippen LogP contribution in [0.1, 0.15) is 5.69 Å². The minimum Gasteiger partial charge on any atom is -0.495 e. The molecular formula is C18H15N3O2. The Kier molecular flexibility index (Phi) is 2.94. The molecule has 0 spiro atoms. The molecular weight excluding hydrogens is 290 g/mol. The van der Waals surface area contributed by atoms with Crippen molar-refractivity contribution >= 4 is 16.6 Å². The van der Waals surface area contributed by atoms with Gasteiger partial charge in [0.1, 0.15) is 11.4 Å². The van der Waals surface area contributed by atoms with Gasteiger partial charge in [-0.05, 0) is 37.3 Å². The highest BCUT2D eigenvalue weighted by Gasteiger charge is 2.15. The van der Waals surface area contributed by atoms with Crippen molar-refractivity contribution in [2.24, 2.45) is 0 Å². The minimum absolute atomic E-state index is 0.153. The van der Waals surface area contributed by atoms with Crippen molar-refractivity contribution in [1.29, 1.82) is 0 Å². The summed E-state index contributed by atoms with van der Waals surface area (Å²) in [5, 5.41) is 0.912. The zero-order valence-electron chi connectivity index (χ0n) is 12.8. The third kappa shape index (κ3) is 2.01. The Labute approximate surface area is 132 Å². The first-order chi connectivity index (χ1) is 11.2. The predicted octanol–water partition coefficient (Wildman–Crippen LogP) is 3.16. The first-order valence-electron chi connectivity index (χ1n) is 7.33. The van der Waals surface area contributed by atoms with Gasteiger partial charge in [0, 0.05) is 28.9 Å². The van der Waals surface area contributed by atoms with Crippen LogP contribution in [0.5, 0.6) is 5.75 Å². The fourth-order valence-electron chi connectivity index (χ4n) is 2.98. The van der Waals surface area contributed by atoms with Crippen molar-refractivity contribution in [3.63, 3.8) is 0 Å². The molecule has 114 valence electrons. The van der Waals surface area contributed by atoms with Crippen molar-refractivity contribution in [3.05, 3.63) is 64.7 Å². The number of nitrogens with one attached hydrogen (secondary N) is 1. The number of imidazole rings is 1. The summed E-state index contributed by atoms with van der Waals surface area (Å²) in [7, 11) is 1.59. The minimum atomic E-state index is -0.153. The number of H-pyrrole nitrogens is 1. The number of aryl methyl sites for hydroxylation is 1. The molecule has 0 saturated carbocycles. The zero-order valence-corrected chi connectivity index (χ0v) is 12.8. The van der Waals surface area contributed by atoms with Gasteiger partial charge in [0.15, 0.2) is 0 Å². The normalized spacial score (nSPS) is 11.2. The highest BCUT2D eigenvalue weighted by atomic mass is 16.5. The summed E-state index contributed by atoms with van der Waals surface area (Å²) < 4.78 is 7.42. The highest BCUT2D eigenvalue weighted by molar-refractivity contribution is 5.97. The number of aromatic nitrogens is 3. The van der Waals surface area contributed by atoms with Gasteiger partial charge in [-0.3, -0.25) is 4.79 Å². The molecule has 0 amide bonds. The number of fused-ring (bicyclic) bond motifs is 2. The molecule has 0 aliphatic carbocycles. The highest BCUT2D eigenvalue weighted by Crippen LogP contribution is 2.33. The summed E-state index contributed by atoms with van der Waals surface area (Å²) in [5.41, 5.74) is 4.36. The maximum Gasteiger partial charge on any atom is 0.248 e. The van der Waals surface area contributed by atoms with Crippen LogP contribution in [0.2, 0.25) is 0 Å². The van der Waals surface area contributed by atoms with Crippen LogP contribution in [-0.2, 0) is 0 Å². The summed E-state index contributed by atoms with van der Waals surface area (Å²) in [6.07, 6.45) is 1.99. The Hall–Kier alpha value is -3.08. The summed E-state index contributed by atoms with van der Waals surface area (Å²) in [6, 6.07) is 13.1. The van der Waals surface area contributed by atoms with Gasteiger partial charge in [-0.15, -0.1) is 0 Å². The van der Waals surface area contributed by atoms with Crippen LogP contribution < -0.4 is 10.3 Å². The third-order valence-electron chi connectivity index (χ3n) is 4.10. The first kappa shape index (κ1) is 13.6. The Bertz CT molecular complexity index is 1090. The van der Waals surface area contributed by atoms with Gasteiger partial charge in [-0.2, -0.15) is 0 Å². The summed E-state index contributed by atoms with van der Waals surface area (Å²) in [6.45, 7) is 2.04. The number of pyridine rings is 2. The van der Waals surface area contributed by atoms with Gasteiger partial charge >= 0.3 is 0 Å². The Morgan fingerprint density at radius 2 is 2.00 bits per heavy atom. The number of methoxy groups -OCH3 is 1. The fourth-order valence-corrected chi connectivity index (χ4v) is 2.98. The van der Waals surface area contributed by atoms with Crippen LogP contribution >= 0.6 is 0 Å². The summed E-state index contributed by atoms with van der Waals surface area (Å²) >= 11 is 0. The molecule has 1 aromatic carbocycles. The number of aromatic amines is 1. The average Bonchev–Trinajstić information content (AvgIpc) is 2.91. The second-order valence-corrected chi connectivity index (χ2v) is 5.40. The third-order valence-corrected chi connectivity index (χ3v) is 4.10. The van der Waals surface area contributed by atoms with Crippen molar-refractivity contribution in [2.75, 3.05) is 7.11 Å². The SMILES string of the molecule is COc1ccc(-c2nc3ccccn3c2C)c2ccc(=O)[nH]c12. The number of rotatable bonds is 2. The lowest BCUT2D eigenvalue weighted by Gasteiger charge is -2.09. The molecule has 4 rings (SSSR count). The van der Waals surface area contributed by atoms with E-state index in [1.54, 1.807) is 7.11 Å². The second-order valence-electron chi connectivity index (χ2n) is 5.40. The molecule has 5 heteroatoms. The molecule has 0 bridgehead atoms. The number of hydrogen-bond donors (Lipinski definition) is 1. The smallest absolute Gasteiger partial charge is 0.248 e. The van der Waals surface area contributed by atoms with E-state index in [-0.39, 0.29) is 5.56 Å².